The third-order valence-electron chi connectivity index (χ3n) is 2.86. The molecule has 0 radical (unpaired) electrons. The molecule has 1 rings (SSSR count). The highest BCUT2D eigenvalue weighted by Crippen LogP contribution is 2.16. The topological polar surface area (TPSA) is 133 Å². The summed E-state index contributed by atoms with van der Waals surface area (Å²) in [6.45, 7) is 0.405. The zero-order valence-electron chi connectivity index (χ0n) is 9.83. The molecule has 8 heteroatoms. The maximum absolute atomic E-state index is 11.7. The molecular formula is C10H17N3O5. The van der Waals surface area contributed by atoms with Crippen LogP contribution in [0.1, 0.15) is 12.8 Å². The molecule has 1 aliphatic heterocycles. The molecule has 1 aliphatic rings. The van der Waals surface area contributed by atoms with Crippen molar-refractivity contribution in [3.8, 4) is 0 Å². The number of nitrogens with two attached hydrogens (primary N) is 1. The molecule has 2 atom stereocenters. The fourth-order valence-corrected chi connectivity index (χ4v) is 1.82. The van der Waals surface area contributed by atoms with Crippen molar-refractivity contribution in [1.29, 1.82) is 0 Å². The second-order valence-electron chi connectivity index (χ2n) is 4.22. The van der Waals surface area contributed by atoms with Gasteiger partial charge < -0.3 is 26.2 Å². The fourth-order valence-electron chi connectivity index (χ4n) is 1.82. The van der Waals surface area contributed by atoms with Gasteiger partial charge in [-0.05, 0) is 12.8 Å². The van der Waals surface area contributed by atoms with E-state index < -0.39 is 24.0 Å². The Kier molecular flexibility index (Phi) is 4.90. The van der Waals surface area contributed by atoms with E-state index >= 15 is 0 Å². The van der Waals surface area contributed by atoms with Crippen molar-refractivity contribution in [3.63, 3.8) is 0 Å². The maximum atomic E-state index is 11.7. The van der Waals surface area contributed by atoms with Crippen LogP contribution in [0.5, 0.6) is 0 Å². The standard InChI is InChI=1S/C10H17N3O5/c11-10(18)13-3-1-2-6(5-13)8(15)12-4-7(14)9(16)17/h6-7,14H,1-5H2,(H2,11,18)(H,12,15)(H,16,17)/t6?,7-/m0/s1. The van der Waals surface area contributed by atoms with Crippen LogP contribution in [0.4, 0.5) is 4.79 Å². The van der Waals surface area contributed by atoms with Gasteiger partial charge in [-0.15, -0.1) is 0 Å². The second-order valence-corrected chi connectivity index (χ2v) is 4.22. The number of nitrogens with zero attached hydrogens (tertiary/aromatic N) is 1. The first kappa shape index (κ1) is 14.2. The number of hydrogen-bond acceptors (Lipinski definition) is 4. The van der Waals surface area contributed by atoms with Crippen molar-refractivity contribution in [1.82, 2.24) is 10.2 Å². The largest absolute Gasteiger partial charge is 0.479 e. The zero-order valence-corrected chi connectivity index (χ0v) is 9.83. The number of aliphatic carboxylic acids is 1. The van der Waals surface area contributed by atoms with Gasteiger partial charge in [0, 0.05) is 13.1 Å². The number of aliphatic hydroxyl groups excluding tert-OH is 1. The smallest absolute Gasteiger partial charge is 0.334 e. The number of nitrogens with one attached hydrogen (secondary N) is 1. The number of carboxylic acid groups (broad SMARTS) is 1. The first-order chi connectivity index (χ1) is 8.41. The van der Waals surface area contributed by atoms with E-state index in [-0.39, 0.29) is 19.0 Å². The lowest BCUT2D eigenvalue weighted by Crippen LogP contribution is -2.48. The summed E-state index contributed by atoms with van der Waals surface area (Å²) in [5.41, 5.74) is 5.13. The predicted octanol–water partition coefficient (Wildman–Crippen LogP) is -1.66. The molecule has 3 amide bonds. The van der Waals surface area contributed by atoms with Gasteiger partial charge in [0.1, 0.15) is 0 Å². The summed E-state index contributed by atoms with van der Waals surface area (Å²) in [7, 11) is 0. The van der Waals surface area contributed by atoms with Crippen LogP contribution in [0.2, 0.25) is 0 Å². The number of urea groups is 1. The van der Waals surface area contributed by atoms with Crippen LogP contribution in [0, 0.1) is 5.92 Å². The Morgan fingerprint density at radius 1 is 1.44 bits per heavy atom. The number of rotatable bonds is 4. The van der Waals surface area contributed by atoms with Crippen LogP contribution in [0.3, 0.4) is 0 Å². The lowest BCUT2D eigenvalue weighted by atomic mass is 9.97. The van der Waals surface area contributed by atoms with E-state index in [2.05, 4.69) is 5.32 Å². The molecule has 18 heavy (non-hydrogen) atoms. The zero-order chi connectivity index (χ0) is 13.7. The van der Waals surface area contributed by atoms with Gasteiger partial charge in [-0.1, -0.05) is 0 Å². The molecule has 0 bridgehead atoms. The van der Waals surface area contributed by atoms with Crippen molar-refractivity contribution in [2.24, 2.45) is 11.7 Å². The number of likely N-dealkylation sites (tertiary alicyclic amines) is 1. The Labute approximate surface area is 104 Å². The van der Waals surface area contributed by atoms with E-state index in [4.69, 9.17) is 15.9 Å². The quantitative estimate of drug-likeness (QED) is 0.479. The SMILES string of the molecule is NC(=O)N1CCCC(C(=O)NC[C@H](O)C(=O)O)C1. The molecule has 1 unspecified atom stereocenters. The number of hydrogen-bond donors (Lipinski definition) is 4. The normalized spacial score (nSPS) is 21.2. The molecular weight excluding hydrogens is 242 g/mol. The van der Waals surface area contributed by atoms with Crippen LogP contribution < -0.4 is 11.1 Å². The van der Waals surface area contributed by atoms with Crippen LogP contribution in [-0.4, -0.2) is 58.8 Å². The van der Waals surface area contributed by atoms with Crippen molar-refractivity contribution in [2.45, 2.75) is 18.9 Å². The summed E-state index contributed by atoms with van der Waals surface area (Å²) in [6.07, 6.45) is -0.342. The number of aliphatic hydroxyl groups is 1. The summed E-state index contributed by atoms with van der Waals surface area (Å²) in [5.74, 6) is -2.17. The Bertz CT molecular complexity index is 346. The summed E-state index contributed by atoms with van der Waals surface area (Å²) >= 11 is 0. The van der Waals surface area contributed by atoms with Gasteiger partial charge in [-0.3, -0.25) is 4.79 Å². The molecule has 102 valence electrons. The lowest BCUT2D eigenvalue weighted by Gasteiger charge is -2.30. The third-order valence-corrected chi connectivity index (χ3v) is 2.86. The predicted molar refractivity (Wildman–Crippen MR) is 60.5 cm³/mol. The Morgan fingerprint density at radius 2 is 2.11 bits per heavy atom. The van der Waals surface area contributed by atoms with Gasteiger partial charge in [0.2, 0.25) is 5.91 Å². The van der Waals surface area contributed by atoms with Gasteiger partial charge in [0.25, 0.3) is 0 Å². The fraction of sp³-hybridized carbons (Fsp3) is 0.700. The molecule has 0 aromatic rings. The number of amides is 3. The number of carbonyl (C=O) groups is 3. The summed E-state index contributed by atoms with van der Waals surface area (Å²) in [4.78, 5) is 34.4. The van der Waals surface area contributed by atoms with E-state index in [9.17, 15) is 14.4 Å². The van der Waals surface area contributed by atoms with Gasteiger partial charge in [0.15, 0.2) is 6.10 Å². The van der Waals surface area contributed by atoms with Crippen molar-refractivity contribution in [2.75, 3.05) is 19.6 Å². The van der Waals surface area contributed by atoms with E-state index in [1.54, 1.807) is 0 Å². The Morgan fingerprint density at radius 3 is 2.67 bits per heavy atom. The number of carbonyl (C=O) groups excluding carboxylic acids is 2. The second kappa shape index (κ2) is 6.20. The summed E-state index contributed by atoms with van der Waals surface area (Å²) < 4.78 is 0. The molecule has 8 nitrogen and oxygen atoms in total. The third kappa shape index (κ3) is 3.88. The molecule has 1 saturated heterocycles. The van der Waals surface area contributed by atoms with Crippen molar-refractivity contribution in [3.05, 3.63) is 0 Å². The van der Waals surface area contributed by atoms with E-state index in [1.807, 2.05) is 0 Å². The molecule has 1 fully saturated rings. The minimum atomic E-state index is -1.62. The molecule has 0 aromatic heterocycles. The highest BCUT2D eigenvalue weighted by molar-refractivity contribution is 5.81. The number of piperidine rings is 1. The van der Waals surface area contributed by atoms with Gasteiger partial charge in [-0.25, -0.2) is 9.59 Å². The van der Waals surface area contributed by atoms with Crippen molar-refractivity contribution >= 4 is 17.9 Å². The van der Waals surface area contributed by atoms with Crippen LogP contribution in [0.15, 0.2) is 0 Å². The van der Waals surface area contributed by atoms with Crippen LogP contribution >= 0.6 is 0 Å². The summed E-state index contributed by atoms with van der Waals surface area (Å²) in [5, 5.41) is 19.8. The molecule has 5 N–H and O–H groups in total. The van der Waals surface area contributed by atoms with E-state index in [0.29, 0.717) is 19.4 Å². The average molecular weight is 259 g/mol. The van der Waals surface area contributed by atoms with Gasteiger partial charge in [0.05, 0.1) is 12.5 Å². The minimum Gasteiger partial charge on any atom is -0.479 e. The van der Waals surface area contributed by atoms with Crippen molar-refractivity contribution < 1.29 is 24.6 Å². The monoisotopic (exact) mass is 259 g/mol. The average Bonchev–Trinajstić information content (AvgIpc) is 2.35. The van der Waals surface area contributed by atoms with Crippen LogP contribution in [0.25, 0.3) is 0 Å². The van der Waals surface area contributed by atoms with E-state index in [0.717, 1.165) is 0 Å². The summed E-state index contributed by atoms with van der Waals surface area (Å²) in [6, 6.07) is -0.571. The molecule has 0 aliphatic carbocycles. The highest BCUT2D eigenvalue weighted by Gasteiger charge is 2.27. The van der Waals surface area contributed by atoms with E-state index in [1.165, 1.54) is 4.90 Å². The first-order valence-corrected chi connectivity index (χ1v) is 5.64. The molecule has 1 heterocycles. The maximum Gasteiger partial charge on any atom is 0.334 e. The first-order valence-electron chi connectivity index (χ1n) is 5.64. The Balaban J connectivity index is 2.42. The van der Waals surface area contributed by atoms with Gasteiger partial charge >= 0.3 is 12.0 Å². The lowest BCUT2D eigenvalue weighted by molar-refractivity contribution is -0.146. The number of primary amides is 1. The molecule has 0 spiro atoms. The highest BCUT2D eigenvalue weighted by atomic mass is 16.4. The molecule has 0 saturated carbocycles. The molecule has 0 aromatic carbocycles. The minimum absolute atomic E-state index is 0.227. The van der Waals surface area contributed by atoms with Crippen LogP contribution in [-0.2, 0) is 9.59 Å². The Hall–Kier alpha value is -1.83. The van der Waals surface area contributed by atoms with Gasteiger partial charge in [-0.2, -0.15) is 0 Å². The number of carboxylic acids is 1.